The number of anilines is 1. The van der Waals surface area contributed by atoms with E-state index in [2.05, 4.69) is 16.3 Å². The van der Waals surface area contributed by atoms with Crippen LogP contribution in [0.3, 0.4) is 0 Å². The number of nitrogens with two attached hydrogens (primary N) is 1. The molecular formula is C27H23ClN6O3S2. The Morgan fingerprint density at radius 3 is 2.74 bits per heavy atom. The van der Waals surface area contributed by atoms with Crippen molar-refractivity contribution in [1.29, 1.82) is 5.26 Å². The fourth-order valence-corrected chi connectivity index (χ4v) is 7.15. The van der Waals surface area contributed by atoms with Gasteiger partial charge in [0.25, 0.3) is 5.69 Å². The number of allylic oxidation sites excluding steroid dienone is 3. The first-order valence-corrected chi connectivity index (χ1v) is 14.2. The Hall–Kier alpha value is -3.72. The lowest BCUT2D eigenvalue weighted by molar-refractivity contribution is -0.384. The second-order valence-corrected chi connectivity index (χ2v) is 12.6. The highest BCUT2D eigenvalue weighted by Gasteiger charge is 2.45. The Balaban J connectivity index is 1.59. The maximum atomic E-state index is 13.6. The summed E-state index contributed by atoms with van der Waals surface area (Å²) in [4.78, 5) is 26.3. The van der Waals surface area contributed by atoms with Gasteiger partial charge in [-0.1, -0.05) is 78.9 Å². The van der Waals surface area contributed by atoms with Crippen LogP contribution in [0.1, 0.15) is 43.7 Å². The highest BCUT2D eigenvalue weighted by molar-refractivity contribution is 8.00. The summed E-state index contributed by atoms with van der Waals surface area (Å²) < 4.78 is 0.681. The van der Waals surface area contributed by atoms with Crippen molar-refractivity contribution in [2.45, 2.75) is 42.7 Å². The van der Waals surface area contributed by atoms with Gasteiger partial charge in [0.2, 0.25) is 5.13 Å². The van der Waals surface area contributed by atoms with Gasteiger partial charge in [-0.25, -0.2) is 0 Å². The Morgan fingerprint density at radius 1 is 1.26 bits per heavy atom. The van der Waals surface area contributed by atoms with Crippen LogP contribution in [0.2, 0.25) is 5.02 Å². The molecule has 0 saturated carbocycles. The van der Waals surface area contributed by atoms with Gasteiger partial charge in [0.05, 0.1) is 22.5 Å². The van der Waals surface area contributed by atoms with E-state index < -0.39 is 10.8 Å². The molecule has 0 bridgehead atoms. The van der Waals surface area contributed by atoms with Gasteiger partial charge in [-0.05, 0) is 29.0 Å². The minimum atomic E-state index is -0.813. The molecule has 0 unspecified atom stereocenters. The molecule has 1 aromatic heterocycles. The summed E-state index contributed by atoms with van der Waals surface area (Å²) in [6.45, 7) is 4.00. The second kappa shape index (κ2) is 10.4. The van der Waals surface area contributed by atoms with Crippen LogP contribution in [0.25, 0.3) is 0 Å². The van der Waals surface area contributed by atoms with Crippen LogP contribution in [0, 0.1) is 26.9 Å². The zero-order chi connectivity index (χ0) is 27.9. The summed E-state index contributed by atoms with van der Waals surface area (Å²) in [5, 5.41) is 31.5. The number of ketones is 1. The summed E-state index contributed by atoms with van der Waals surface area (Å²) in [5.74, 6) is -0.207. The van der Waals surface area contributed by atoms with E-state index in [1.54, 1.807) is 17.0 Å². The number of thioether (sulfide) groups is 1. The third kappa shape index (κ3) is 5.15. The molecule has 0 fully saturated rings. The number of benzene rings is 2. The van der Waals surface area contributed by atoms with Crippen molar-refractivity contribution in [3.05, 3.63) is 97.5 Å². The number of nitro benzene ring substituents is 1. The Labute approximate surface area is 238 Å². The minimum absolute atomic E-state index is 0.124. The number of non-ortho nitro benzene ring substituents is 1. The van der Waals surface area contributed by atoms with Crippen molar-refractivity contribution in [2.24, 2.45) is 11.1 Å². The van der Waals surface area contributed by atoms with E-state index in [-0.39, 0.29) is 34.7 Å². The molecule has 0 saturated heterocycles. The van der Waals surface area contributed by atoms with Crippen molar-refractivity contribution < 1.29 is 9.72 Å². The number of aromatic nitrogens is 2. The molecule has 12 heteroatoms. The number of carbonyl (C=O) groups excluding carboxylic acids is 1. The van der Waals surface area contributed by atoms with Crippen molar-refractivity contribution in [3.63, 3.8) is 0 Å². The first-order valence-electron chi connectivity index (χ1n) is 12.0. The van der Waals surface area contributed by atoms with Gasteiger partial charge in [0, 0.05) is 40.6 Å². The van der Waals surface area contributed by atoms with E-state index in [9.17, 15) is 20.2 Å². The van der Waals surface area contributed by atoms with Gasteiger partial charge in [-0.2, -0.15) is 5.26 Å². The molecular weight excluding hydrogens is 556 g/mol. The highest BCUT2D eigenvalue weighted by Crippen LogP contribution is 2.51. The molecule has 0 radical (unpaired) electrons. The molecule has 3 aromatic rings. The number of hydrogen-bond acceptors (Lipinski definition) is 10. The zero-order valence-electron chi connectivity index (χ0n) is 21.1. The van der Waals surface area contributed by atoms with Gasteiger partial charge < -0.3 is 5.73 Å². The Kier molecular flexibility index (Phi) is 7.20. The summed E-state index contributed by atoms with van der Waals surface area (Å²) in [6, 6.07) is 15.8. The number of halogens is 1. The molecule has 198 valence electrons. The van der Waals surface area contributed by atoms with Crippen LogP contribution in [0.15, 0.2) is 75.5 Å². The fourth-order valence-electron chi connectivity index (χ4n) is 4.98. The van der Waals surface area contributed by atoms with Gasteiger partial charge in [0.1, 0.15) is 5.82 Å². The average molecular weight is 579 g/mol. The summed E-state index contributed by atoms with van der Waals surface area (Å²) >= 11 is 9.08. The van der Waals surface area contributed by atoms with Crippen LogP contribution >= 0.6 is 34.7 Å². The molecule has 1 aliphatic carbocycles. The number of nitriles is 1. The van der Waals surface area contributed by atoms with Gasteiger partial charge in [-0.15, -0.1) is 10.2 Å². The van der Waals surface area contributed by atoms with Gasteiger partial charge in [0.15, 0.2) is 10.1 Å². The molecule has 5 rings (SSSR count). The second-order valence-electron chi connectivity index (χ2n) is 10.1. The van der Waals surface area contributed by atoms with E-state index in [0.717, 1.165) is 5.56 Å². The third-order valence-electron chi connectivity index (χ3n) is 6.69. The van der Waals surface area contributed by atoms with E-state index in [4.69, 9.17) is 17.3 Å². The van der Waals surface area contributed by atoms with Crippen molar-refractivity contribution in [2.75, 3.05) is 4.90 Å². The molecule has 0 amide bonds. The summed E-state index contributed by atoms with van der Waals surface area (Å²) in [5.41, 5.74) is 8.80. The topological polar surface area (TPSA) is 139 Å². The standard InChI is InChI=1S/C27H23ClN6O3S2/c1-27(2)11-20-23(21(35)12-27)22(15-7-5-8-17(10-15)34(36)37)18(13-29)24(30)33(20)25-31-32-26(39-25)38-14-16-6-3-4-9-19(16)28/h3-10,22H,11-12,14,30H2,1-2H3/t22-/m0/s1. The average Bonchev–Trinajstić information content (AvgIpc) is 3.35. The van der Waals surface area contributed by atoms with Crippen molar-refractivity contribution >= 4 is 51.3 Å². The SMILES string of the molecule is CC1(C)CC(=O)C2=C(C1)N(c1nnc(SCc3ccccc3Cl)s1)C(N)=C(C#N)[C@@H]2c1cccc([N+](=O)[O-])c1. The number of nitro groups is 1. The van der Waals surface area contributed by atoms with E-state index in [1.165, 1.54) is 35.2 Å². The maximum Gasteiger partial charge on any atom is 0.269 e. The highest BCUT2D eigenvalue weighted by atomic mass is 35.5. The monoisotopic (exact) mass is 578 g/mol. The first kappa shape index (κ1) is 26.9. The molecule has 39 heavy (non-hydrogen) atoms. The predicted molar refractivity (Wildman–Crippen MR) is 151 cm³/mol. The summed E-state index contributed by atoms with van der Waals surface area (Å²) in [6.07, 6.45) is 0.777. The predicted octanol–water partition coefficient (Wildman–Crippen LogP) is 6.33. The molecule has 2 aromatic carbocycles. The lowest BCUT2D eigenvalue weighted by Gasteiger charge is -2.42. The molecule has 1 aliphatic heterocycles. The molecule has 9 nitrogen and oxygen atoms in total. The van der Waals surface area contributed by atoms with Gasteiger partial charge >= 0.3 is 0 Å². The lowest BCUT2D eigenvalue weighted by Crippen LogP contribution is -2.42. The fraction of sp³-hybridized carbons (Fsp3) is 0.259. The van der Waals surface area contributed by atoms with Crippen LogP contribution in [0.4, 0.5) is 10.8 Å². The number of Topliss-reactive ketones (excluding diaryl/α,β-unsaturated/α-hetero) is 1. The smallest absolute Gasteiger partial charge is 0.269 e. The quantitative estimate of drug-likeness (QED) is 0.202. The number of rotatable bonds is 6. The normalized spacial score (nSPS) is 18.7. The Morgan fingerprint density at radius 2 is 2.03 bits per heavy atom. The molecule has 2 N–H and O–H groups in total. The van der Waals surface area contributed by atoms with E-state index in [1.807, 2.05) is 38.1 Å². The lowest BCUT2D eigenvalue weighted by atomic mass is 9.68. The number of carbonyl (C=O) groups is 1. The van der Waals surface area contributed by atoms with Crippen LogP contribution in [-0.2, 0) is 10.5 Å². The Bertz CT molecular complexity index is 1610. The van der Waals surface area contributed by atoms with E-state index >= 15 is 0 Å². The van der Waals surface area contributed by atoms with Crippen LogP contribution in [-0.4, -0.2) is 20.9 Å². The molecule has 0 spiro atoms. The zero-order valence-corrected chi connectivity index (χ0v) is 23.4. The maximum absolute atomic E-state index is 13.6. The molecule has 2 heterocycles. The van der Waals surface area contributed by atoms with Crippen molar-refractivity contribution in [1.82, 2.24) is 10.2 Å². The largest absolute Gasteiger partial charge is 0.384 e. The minimum Gasteiger partial charge on any atom is -0.384 e. The van der Waals surface area contributed by atoms with Crippen LogP contribution < -0.4 is 10.6 Å². The molecule has 1 atom stereocenters. The van der Waals surface area contributed by atoms with Gasteiger partial charge in [-0.3, -0.25) is 19.8 Å². The number of nitrogens with zero attached hydrogens (tertiary/aromatic N) is 5. The molecule has 2 aliphatic rings. The first-order chi connectivity index (χ1) is 18.6. The van der Waals surface area contributed by atoms with Crippen LogP contribution in [0.5, 0.6) is 0 Å². The number of hydrogen-bond donors (Lipinski definition) is 1. The third-order valence-corrected chi connectivity index (χ3v) is 9.15. The summed E-state index contributed by atoms with van der Waals surface area (Å²) in [7, 11) is 0. The van der Waals surface area contributed by atoms with Crippen molar-refractivity contribution in [3.8, 4) is 6.07 Å². The van der Waals surface area contributed by atoms with E-state index in [0.29, 0.717) is 43.5 Å².